The lowest BCUT2D eigenvalue weighted by molar-refractivity contribution is -0.140. The summed E-state index contributed by atoms with van der Waals surface area (Å²) < 4.78 is 5.53. The molecule has 3 rings (SSSR count). The minimum Gasteiger partial charge on any atom is -0.481 e. The Morgan fingerprint density at radius 3 is 2.09 bits per heavy atom. The Labute approximate surface area is 199 Å². The van der Waals surface area contributed by atoms with E-state index in [1.165, 1.54) is 4.90 Å². The van der Waals surface area contributed by atoms with Crippen molar-refractivity contribution >= 4 is 18.0 Å². The maximum atomic E-state index is 13.2. The number of carbonyl (C=O) groups is 3. The quantitative estimate of drug-likeness (QED) is 0.520. The van der Waals surface area contributed by atoms with Gasteiger partial charge in [0.1, 0.15) is 12.6 Å². The molecule has 0 radical (unpaired) electrons. The van der Waals surface area contributed by atoms with Crippen molar-refractivity contribution < 1.29 is 29.3 Å². The monoisotopic (exact) mass is 468 g/mol. The number of aliphatic hydroxyl groups is 1. The van der Waals surface area contributed by atoms with E-state index in [4.69, 9.17) is 9.84 Å². The van der Waals surface area contributed by atoms with Crippen molar-refractivity contribution in [2.75, 3.05) is 19.8 Å². The number of carbonyl (C=O) groups excluding carboxylic acids is 2. The zero-order valence-corrected chi connectivity index (χ0v) is 19.8. The first kappa shape index (κ1) is 25.2. The molecule has 1 unspecified atom stereocenters. The molecule has 2 amide bonds. The van der Waals surface area contributed by atoms with E-state index >= 15 is 0 Å². The van der Waals surface area contributed by atoms with E-state index in [0.717, 1.165) is 22.3 Å². The first-order valence-electron chi connectivity index (χ1n) is 11.4. The third-order valence-corrected chi connectivity index (χ3v) is 5.98. The number of rotatable bonds is 9. The number of aliphatic carboxylic acids is 1. The van der Waals surface area contributed by atoms with Crippen LogP contribution < -0.4 is 5.32 Å². The maximum Gasteiger partial charge on any atom is 0.407 e. The van der Waals surface area contributed by atoms with Crippen LogP contribution >= 0.6 is 0 Å². The molecule has 3 N–H and O–H groups in total. The van der Waals surface area contributed by atoms with Gasteiger partial charge < -0.3 is 25.2 Å². The summed E-state index contributed by atoms with van der Waals surface area (Å²) in [5, 5.41) is 21.1. The van der Waals surface area contributed by atoms with Gasteiger partial charge in [0.2, 0.25) is 5.91 Å². The minimum absolute atomic E-state index is 0.0677. The standard InChI is InChI=1S/C26H32N2O6/c1-26(2,3)28(14-15-29)24(32)22(12-13-23(30)31)27-25(33)34-16-21-19-10-6-4-8-17(19)18-9-5-7-11-20(18)21/h4-11,21-22,29H,12-16H2,1-3H3,(H,27,33)(H,30,31). The van der Waals surface area contributed by atoms with Crippen LogP contribution in [-0.2, 0) is 14.3 Å². The number of β-amino-alcohol motifs (C(OH)–C–C–N with tert-alkyl or cyclic N) is 1. The van der Waals surface area contributed by atoms with Crippen LogP contribution in [0.2, 0.25) is 0 Å². The Morgan fingerprint density at radius 2 is 1.59 bits per heavy atom. The Balaban J connectivity index is 1.72. The summed E-state index contributed by atoms with van der Waals surface area (Å²) in [6, 6.07) is 14.8. The van der Waals surface area contributed by atoms with Crippen molar-refractivity contribution in [2.45, 2.75) is 51.1 Å². The fourth-order valence-electron chi connectivity index (χ4n) is 4.37. The molecule has 182 valence electrons. The first-order valence-corrected chi connectivity index (χ1v) is 11.4. The topological polar surface area (TPSA) is 116 Å². The van der Waals surface area contributed by atoms with Gasteiger partial charge in [-0.05, 0) is 49.4 Å². The summed E-state index contributed by atoms with van der Waals surface area (Å²) in [5.41, 5.74) is 3.72. The fraction of sp³-hybridized carbons (Fsp3) is 0.423. The summed E-state index contributed by atoms with van der Waals surface area (Å²) in [6.45, 7) is 5.32. The normalized spacial score (nSPS) is 13.5. The Kier molecular flexibility index (Phi) is 7.94. The zero-order chi connectivity index (χ0) is 24.9. The molecule has 0 fully saturated rings. The van der Waals surface area contributed by atoms with Crippen LogP contribution in [-0.4, -0.2) is 64.4 Å². The van der Waals surface area contributed by atoms with E-state index in [1.54, 1.807) is 0 Å². The van der Waals surface area contributed by atoms with Crippen LogP contribution in [0, 0.1) is 0 Å². The van der Waals surface area contributed by atoms with Gasteiger partial charge in [0.05, 0.1) is 6.61 Å². The molecule has 0 saturated carbocycles. The average molecular weight is 469 g/mol. The maximum absolute atomic E-state index is 13.2. The van der Waals surface area contributed by atoms with Crippen molar-refractivity contribution in [1.29, 1.82) is 0 Å². The highest BCUT2D eigenvalue weighted by Gasteiger charge is 2.34. The van der Waals surface area contributed by atoms with E-state index in [0.29, 0.717) is 0 Å². The van der Waals surface area contributed by atoms with Crippen molar-refractivity contribution in [3.05, 3.63) is 59.7 Å². The predicted molar refractivity (Wildman–Crippen MR) is 127 cm³/mol. The summed E-state index contributed by atoms with van der Waals surface area (Å²) in [6.07, 6.45) is -1.17. The molecule has 0 aromatic heterocycles. The second-order valence-corrected chi connectivity index (χ2v) is 9.34. The number of nitrogens with one attached hydrogen (secondary N) is 1. The lowest BCUT2D eigenvalue weighted by Gasteiger charge is -2.37. The van der Waals surface area contributed by atoms with Gasteiger partial charge in [0.15, 0.2) is 0 Å². The van der Waals surface area contributed by atoms with E-state index in [-0.39, 0.29) is 38.5 Å². The lowest BCUT2D eigenvalue weighted by Crippen LogP contribution is -2.55. The van der Waals surface area contributed by atoms with Crippen LogP contribution in [0.5, 0.6) is 0 Å². The predicted octanol–water partition coefficient (Wildman–Crippen LogP) is 3.38. The number of aliphatic hydroxyl groups excluding tert-OH is 1. The molecule has 8 nitrogen and oxygen atoms in total. The third kappa shape index (κ3) is 5.75. The number of carboxylic acid groups (broad SMARTS) is 1. The van der Waals surface area contributed by atoms with Crippen LogP contribution in [0.25, 0.3) is 11.1 Å². The number of hydrogen-bond acceptors (Lipinski definition) is 5. The first-order chi connectivity index (χ1) is 16.1. The number of fused-ring (bicyclic) bond motifs is 3. The highest BCUT2D eigenvalue weighted by Crippen LogP contribution is 2.44. The van der Waals surface area contributed by atoms with Crippen LogP contribution in [0.1, 0.15) is 50.7 Å². The highest BCUT2D eigenvalue weighted by atomic mass is 16.5. The molecule has 2 aromatic rings. The van der Waals surface area contributed by atoms with E-state index in [2.05, 4.69) is 5.32 Å². The number of alkyl carbamates (subject to hydrolysis) is 1. The van der Waals surface area contributed by atoms with Gasteiger partial charge in [-0.1, -0.05) is 48.5 Å². The van der Waals surface area contributed by atoms with Gasteiger partial charge in [0.25, 0.3) is 0 Å². The largest absolute Gasteiger partial charge is 0.481 e. The summed E-state index contributed by atoms with van der Waals surface area (Å²) in [7, 11) is 0. The number of carboxylic acids is 1. The molecular formula is C26H32N2O6. The molecule has 1 aliphatic carbocycles. The minimum atomic E-state index is -1.09. The Bertz CT molecular complexity index is 1000. The highest BCUT2D eigenvalue weighted by molar-refractivity contribution is 5.87. The zero-order valence-electron chi connectivity index (χ0n) is 19.8. The lowest BCUT2D eigenvalue weighted by atomic mass is 9.98. The molecule has 8 heteroatoms. The molecule has 0 aliphatic heterocycles. The Hall–Kier alpha value is -3.39. The number of nitrogens with zero attached hydrogens (tertiary/aromatic N) is 1. The molecule has 2 aromatic carbocycles. The van der Waals surface area contributed by atoms with Crippen molar-refractivity contribution in [3.8, 4) is 11.1 Å². The van der Waals surface area contributed by atoms with Gasteiger partial charge in [-0.15, -0.1) is 0 Å². The fourth-order valence-corrected chi connectivity index (χ4v) is 4.37. The van der Waals surface area contributed by atoms with Crippen molar-refractivity contribution in [1.82, 2.24) is 10.2 Å². The molecule has 0 bridgehead atoms. The van der Waals surface area contributed by atoms with E-state index < -0.39 is 29.6 Å². The molecule has 1 aliphatic rings. The van der Waals surface area contributed by atoms with Crippen LogP contribution in [0.4, 0.5) is 4.79 Å². The molecule has 0 spiro atoms. The Morgan fingerprint density at radius 1 is 1.03 bits per heavy atom. The van der Waals surface area contributed by atoms with E-state index in [9.17, 15) is 19.5 Å². The van der Waals surface area contributed by atoms with Crippen LogP contribution in [0.15, 0.2) is 48.5 Å². The molecule has 0 heterocycles. The summed E-state index contributed by atoms with van der Waals surface area (Å²) in [4.78, 5) is 38.4. The number of amides is 2. The van der Waals surface area contributed by atoms with Gasteiger partial charge in [-0.25, -0.2) is 4.79 Å². The van der Waals surface area contributed by atoms with Crippen molar-refractivity contribution in [3.63, 3.8) is 0 Å². The van der Waals surface area contributed by atoms with Gasteiger partial charge in [-0.3, -0.25) is 9.59 Å². The summed E-state index contributed by atoms with van der Waals surface area (Å²) in [5.74, 6) is -1.67. The number of hydrogen-bond donors (Lipinski definition) is 3. The molecule has 34 heavy (non-hydrogen) atoms. The van der Waals surface area contributed by atoms with Gasteiger partial charge in [-0.2, -0.15) is 0 Å². The van der Waals surface area contributed by atoms with Gasteiger partial charge in [0, 0.05) is 24.4 Å². The number of ether oxygens (including phenoxy) is 1. The molecule has 1 atom stereocenters. The van der Waals surface area contributed by atoms with Crippen LogP contribution in [0.3, 0.4) is 0 Å². The third-order valence-electron chi connectivity index (χ3n) is 5.98. The summed E-state index contributed by atoms with van der Waals surface area (Å²) >= 11 is 0. The number of benzene rings is 2. The molecule has 0 saturated heterocycles. The van der Waals surface area contributed by atoms with Gasteiger partial charge >= 0.3 is 12.1 Å². The second-order valence-electron chi connectivity index (χ2n) is 9.34. The van der Waals surface area contributed by atoms with E-state index in [1.807, 2.05) is 69.3 Å². The average Bonchev–Trinajstić information content (AvgIpc) is 3.11. The second kappa shape index (κ2) is 10.7. The van der Waals surface area contributed by atoms with Crippen molar-refractivity contribution in [2.24, 2.45) is 0 Å². The molecular weight excluding hydrogens is 436 g/mol. The SMILES string of the molecule is CC(C)(C)N(CCO)C(=O)C(CCC(=O)O)NC(=O)OCC1c2ccccc2-c2ccccc21. The smallest absolute Gasteiger partial charge is 0.407 e.